The molecule has 25 heavy (non-hydrogen) atoms. The van der Waals surface area contributed by atoms with Gasteiger partial charge in [0.2, 0.25) is 12.6 Å². The zero-order valence-corrected chi connectivity index (χ0v) is 15.2. The number of hydrazine groups is 1. The summed E-state index contributed by atoms with van der Waals surface area (Å²) >= 11 is 0. The second-order valence-corrected chi connectivity index (χ2v) is 6.50. The summed E-state index contributed by atoms with van der Waals surface area (Å²) in [4.78, 5) is 25.5. The molecule has 0 aromatic heterocycles. The van der Waals surface area contributed by atoms with Crippen LogP contribution in [0.3, 0.4) is 0 Å². The molecule has 136 valence electrons. The summed E-state index contributed by atoms with van der Waals surface area (Å²) in [5.74, 6) is -0.173. The first-order valence-corrected chi connectivity index (χ1v) is 8.05. The Kier molecular flexibility index (Phi) is 5.56. The van der Waals surface area contributed by atoms with Crippen LogP contribution in [0.1, 0.15) is 43.6 Å². The maximum absolute atomic E-state index is 12.8. The zero-order valence-electron chi connectivity index (χ0n) is 15.2. The quantitative estimate of drug-likeness (QED) is 0.846. The number of nitrogens with zero attached hydrogens (tertiary/aromatic N) is 1. The van der Waals surface area contributed by atoms with Crippen LogP contribution in [-0.4, -0.2) is 36.3 Å². The van der Waals surface area contributed by atoms with E-state index in [0.29, 0.717) is 17.7 Å². The molecule has 0 atom stereocenters. The summed E-state index contributed by atoms with van der Waals surface area (Å²) in [6.45, 7) is 7.37. The van der Waals surface area contributed by atoms with Crippen LogP contribution >= 0.6 is 0 Å². The molecule has 2 amide bonds. The van der Waals surface area contributed by atoms with Crippen LogP contribution in [0.15, 0.2) is 30.2 Å². The summed E-state index contributed by atoms with van der Waals surface area (Å²) in [5, 5.41) is 1.24. The van der Waals surface area contributed by atoms with E-state index in [9.17, 15) is 9.59 Å². The van der Waals surface area contributed by atoms with Gasteiger partial charge in [0.15, 0.2) is 0 Å². The molecule has 1 heterocycles. The van der Waals surface area contributed by atoms with E-state index in [1.54, 1.807) is 25.3 Å². The Morgan fingerprint density at radius 3 is 2.56 bits per heavy atom. The maximum atomic E-state index is 12.8. The average Bonchev–Trinajstić information content (AvgIpc) is 3.11. The fourth-order valence-electron chi connectivity index (χ4n) is 2.48. The number of nitrogens with one attached hydrogen (secondary N) is 1. The molecule has 2 rings (SSSR count). The van der Waals surface area contributed by atoms with Gasteiger partial charge in [-0.2, -0.15) is 0 Å². The number of hydrogen-bond acceptors (Lipinski definition) is 5. The van der Waals surface area contributed by atoms with Gasteiger partial charge in [-0.1, -0.05) is 13.0 Å². The summed E-state index contributed by atoms with van der Waals surface area (Å²) < 4.78 is 15.4. The van der Waals surface area contributed by atoms with E-state index in [4.69, 9.17) is 14.2 Å². The first-order valence-electron chi connectivity index (χ1n) is 8.05. The first-order chi connectivity index (χ1) is 11.8. The zero-order chi connectivity index (χ0) is 18.6. The van der Waals surface area contributed by atoms with E-state index in [1.807, 2.05) is 27.7 Å². The van der Waals surface area contributed by atoms with Gasteiger partial charge in [0.05, 0.1) is 12.6 Å². The van der Waals surface area contributed by atoms with Crippen molar-refractivity contribution in [3.63, 3.8) is 0 Å². The van der Waals surface area contributed by atoms with Crippen LogP contribution in [0.5, 0.6) is 5.75 Å². The predicted molar refractivity (Wildman–Crippen MR) is 91.6 cm³/mol. The minimum atomic E-state index is -0.662. The Morgan fingerprint density at radius 2 is 2.04 bits per heavy atom. The van der Waals surface area contributed by atoms with E-state index >= 15 is 0 Å². The van der Waals surface area contributed by atoms with Crippen LogP contribution in [0.2, 0.25) is 0 Å². The highest BCUT2D eigenvalue weighted by Gasteiger charge is 2.33. The Bertz CT molecular complexity index is 691. The SMILES string of the molecule is CCc1c(OC)cccc1C(=O)NN(C(=O)C1=COCO1)C(C)(C)C. The topological polar surface area (TPSA) is 77.1 Å². The molecular formula is C18H24N2O5. The molecule has 1 aromatic rings. The van der Waals surface area contributed by atoms with Gasteiger partial charge in [-0.3, -0.25) is 15.0 Å². The van der Waals surface area contributed by atoms with Crippen molar-refractivity contribution in [1.82, 2.24) is 10.4 Å². The standard InChI is InChI=1S/C18H24N2O5/c1-6-12-13(8-7-9-14(12)23-5)16(21)19-20(18(2,3)4)17(22)15-10-24-11-25-15/h7-10H,6,11H2,1-5H3,(H,19,21). The lowest BCUT2D eigenvalue weighted by Gasteiger charge is -2.35. The molecular weight excluding hydrogens is 324 g/mol. The number of hydrogen-bond donors (Lipinski definition) is 1. The predicted octanol–water partition coefficient (Wildman–Crippen LogP) is 2.38. The Morgan fingerprint density at radius 1 is 1.32 bits per heavy atom. The average molecular weight is 348 g/mol. The second kappa shape index (κ2) is 7.46. The fraction of sp³-hybridized carbons (Fsp3) is 0.444. The maximum Gasteiger partial charge on any atom is 0.311 e. The highest BCUT2D eigenvalue weighted by Crippen LogP contribution is 2.24. The monoisotopic (exact) mass is 348 g/mol. The van der Waals surface area contributed by atoms with Crippen LogP contribution in [0.4, 0.5) is 0 Å². The number of carbonyl (C=O) groups excluding carboxylic acids is 2. The summed E-state index contributed by atoms with van der Waals surface area (Å²) in [6, 6.07) is 5.25. The molecule has 7 nitrogen and oxygen atoms in total. The molecule has 7 heteroatoms. The molecule has 0 aliphatic carbocycles. The minimum Gasteiger partial charge on any atom is -0.496 e. The van der Waals surface area contributed by atoms with Crippen molar-refractivity contribution in [3.8, 4) is 5.75 Å². The molecule has 1 aliphatic heterocycles. The van der Waals surface area contributed by atoms with E-state index in [-0.39, 0.29) is 12.6 Å². The van der Waals surface area contributed by atoms with Gasteiger partial charge in [-0.15, -0.1) is 0 Å². The van der Waals surface area contributed by atoms with E-state index in [1.165, 1.54) is 11.3 Å². The normalized spacial score (nSPS) is 13.4. The van der Waals surface area contributed by atoms with Crippen LogP contribution in [0, 0.1) is 0 Å². The third kappa shape index (κ3) is 4.04. The van der Waals surface area contributed by atoms with Crippen LogP contribution in [-0.2, 0) is 20.7 Å². The molecule has 0 bridgehead atoms. The minimum absolute atomic E-state index is 0.0110. The van der Waals surface area contributed by atoms with Gasteiger partial charge in [0.1, 0.15) is 12.0 Å². The van der Waals surface area contributed by atoms with Gasteiger partial charge in [-0.25, -0.2) is 5.01 Å². The molecule has 1 aliphatic rings. The van der Waals surface area contributed by atoms with Crippen molar-refractivity contribution < 1.29 is 23.8 Å². The molecule has 0 radical (unpaired) electrons. The van der Waals surface area contributed by atoms with E-state index < -0.39 is 17.4 Å². The van der Waals surface area contributed by atoms with Crippen molar-refractivity contribution >= 4 is 11.8 Å². The lowest BCUT2D eigenvalue weighted by molar-refractivity contribution is -0.138. The van der Waals surface area contributed by atoms with Crippen molar-refractivity contribution in [3.05, 3.63) is 41.3 Å². The van der Waals surface area contributed by atoms with Gasteiger partial charge in [-0.05, 0) is 39.3 Å². The second-order valence-electron chi connectivity index (χ2n) is 6.50. The Hall–Kier alpha value is -2.70. The van der Waals surface area contributed by atoms with Gasteiger partial charge in [0.25, 0.3) is 5.91 Å². The number of ether oxygens (including phenoxy) is 3. The fourth-order valence-corrected chi connectivity index (χ4v) is 2.48. The van der Waals surface area contributed by atoms with Crippen molar-refractivity contribution in [1.29, 1.82) is 0 Å². The van der Waals surface area contributed by atoms with Crippen molar-refractivity contribution in [2.75, 3.05) is 13.9 Å². The van der Waals surface area contributed by atoms with Crippen LogP contribution < -0.4 is 10.2 Å². The van der Waals surface area contributed by atoms with Crippen molar-refractivity contribution in [2.45, 2.75) is 39.7 Å². The number of amides is 2. The third-order valence-electron chi connectivity index (χ3n) is 3.72. The highest BCUT2D eigenvalue weighted by molar-refractivity contribution is 5.99. The largest absolute Gasteiger partial charge is 0.496 e. The van der Waals surface area contributed by atoms with E-state index in [0.717, 1.165) is 5.56 Å². The van der Waals surface area contributed by atoms with Gasteiger partial charge in [0, 0.05) is 11.1 Å². The third-order valence-corrected chi connectivity index (χ3v) is 3.72. The van der Waals surface area contributed by atoms with Crippen molar-refractivity contribution in [2.24, 2.45) is 0 Å². The molecule has 0 saturated carbocycles. The van der Waals surface area contributed by atoms with E-state index in [2.05, 4.69) is 5.43 Å². The molecule has 0 unspecified atom stereocenters. The number of rotatable bonds is 4. The smallest absolute Gasteiger partial charge is 0.311 e. The summed E-state index contributed by atoms with van der Waals surface area (Å²) in [6.07, 6.45) is 1.87. The number of methoxy groups -OCH3 is 1. The lowest BCUT2D eigenvalue weighted by atomic mass is 10.0. The molecule has 0 fully saturated rings. The molecule has 0 saturated heterocycles. The first kappa shape index (κ1) is 18.6. The number of benzene rings is 1. The molecule has 1 N–H and O–H groups in total. The summed E-state index contributed by atoms with van der Waals surface area (Å²) in [7, 11) is 1.56. The van der Waals surface area contributed by atoms with Gasteiger partial charge >= 0.3 is 5.91 Å². The lowest BCUT2D eigenvalue weighted by Crippen LogP contribution is -2.56. The summed E-state index contributed by atoms with van der Waals surface area (Å²) in [5.41, 5.74) is 3.27. The Balaban J connectivity index is 2.30. The Labute approximate surface area is 147 Å². The molecule has 1 aromatic carbocycles. The number of carbonyl (C=O) groups is 2. The van der Waals surface area contributed by atoms with Crippen LogP contribution in [0.25, 0.3) is 0 Å². The highest BCUT2D eigenvalue weighted by atomic mass is 16.7. The molecule has 0 spiro atoms. The van der Waals surface area contributed by atoms with Gasteiger partial charge < -0.3 is 14.2 Å².